The largest absolute Gasteiger partial charge is 0.475 e. The van der Waals surface area contributed by atoms with Gasteiger partial charge in [0, 0.05) is 11.8 Å². The number of benzene rings is 1. The number of ether oxygens (including phenoxy) is 2. The highest BCUT2D eigenvalue weighted by atomic mass is 16.7. The molecule has 0 saturated heterocycles. The summed E-state index contributed by atoms with van der Waals surface area (Å²) in [6, 6.07) is 5.42. The zero-order chi connectivity index (χ0) is 13.2. The average molecular weight is 262 g/mol. The van der Waals surface area contributed by atoms with Crippen molar-refractivity contribution in [2.24, 2.45) is 0 Å². The van der Waals surface area contributed by atoms with E-state index in [0.717, 1.165) is 5.69 Å². The Morgan fingerprint density at radius 2 is 2.21 bits per heavy atom. The molecule has 0 bridgehead atoms. The van der Waals surface area contributed by atoms with E-state index in [1.807, 2.05) is 6.07 Å². The van der Waals surface area contributed by atoms with Crippen LogP contribution in [0.2, 0.25) is 0 Å². The van der Waals surface area contributed by atoms with Crippen LogP contribution in [0.4, 0.5) is 5.69 Å². The van der Waals surface area contributed by atoms with Gasteiger partial charge in [0.15, 0.2) is 11.5 Å². The smallest absolute Gasteiger partial charge is 0.373 e. The van der Waals surface area contributed by atoms with E-state index in [9.17, 15) is 4.79 Å². The van der Waals surface area contributed by atoms with Crippen molar-refractivity contribution in [1.29, 1.82) is 0 Å². The minimum absolute atomic E-state index is 0.178. The first-order valence-electron chi connectivity index (χ1n) is 5.54. The molecule has 2 aromatic rings. The molecule has 0 spiro atoms. The predicted molar refractivity (Wildman–Crippen MR) is 63.4 cm³/mol. The molecule has 0 saturated carbocycles. The first-order valence-corrected chi connectivity index (χ1v) is 5.54. The van der Waals surface area contributed by atoms with Gasteiger partial charge in [-0.2, -0.15) is 0 Å². The Bertz CT molecular complexity index is 622. The van der Waals surface area contributed by atoms with E-state index in [1.54, 1.807) is 12.1 Å². The lowest BCUT2D eigenvalue weighted by Crippen LogP contribution is -1.99. The number of nitrogens with zero attached hydrogens (tertiary/aromatic N) is 1. The fourth-order valence-electron chi connectivity index (χ4n) is 1.68. The number of anilines is 1. The van der Waals surface area contributed by atoms with Gasteiger partial charge >= 0.3 is 5.97 Å². The monoisotopic (exact) mass is 262 g/mol. The standard InChI is InChI=1S/C12H10N2O5/c15-12(16)10-4-14-11(19-10)5-13-7-1-2-8-9(3-7)18-6-17-8/h1-4,13H,5-6H2,(H,15,16). The summed E-state index contributed by atoms with van der Waals surface area (Å²) in [4.78, 5) is 14.5. The fraction of sp³-hybridized carbons (Fsp3) is 0.167. The molecule has 3 rings (SSSR count). The van der Waals surface area contributed by atoms with Crippen LogP contribution in [0.15, 0.2) is 28.8 Å². The molecule has 1 aliphatic heterocycles. The maximum atomic E-state index is 10.6. The third kappa shape index (κ3) is 2.30. The normalized spacial score (nSPS) is 12.4. The van der Waals surface area contributed by atoms with Crippen molar-refractivity contribution < 1.29 is 23.8 Å². The van der Waals surface area contributed by atoms with Gasteiger partial charge in [0.1, 0.15) is 0 Å². The average Bonchev–Trinajstić information content (AvgIpc) is 3.04. The van der Waals surface area contributed by atoms with E-state index in [-0.39, 0.29) is 19.1 Å². The maximum absolute atomic E-state index is 10.6. The van der Waals surface area contributed by atoms with Crippen molar-refractivity contribution in [3.63, 3.8) is 0 Å². The van der Waals surface area contributed by atoms with Crippen LogP contribution in [0.3, 0.4) is 0 Å². The number of oxazole rings is 1. The number of carboxylic acid groups (broad SMARTS) is 1. The summed E-state index contributed by atoms with van der Waals surface area (Å²) in [6.45, 7) is 0.507. The highest BCUT2D eigenvalue weighted by molar-refractivity contribution is 5.83. The van der Waals surface area contributed by atoms with Crippen molar-refractivity contribution >= 4 is 11.7 Å². The van der Waals surface area contributed by atoms with Gasteiger partial charge in [-0.3, -0.25) is 0 Å². The molecule has 7 nitrogen and oxygen atoms in total. The van der Waals surface area contributed by atoms with Gasteiger partial charge in [0.2, 0.25) is 18.4 Å². The molecule has 1 aliphatic rings. The molecule has 1 aromatic heterocycles. The van der Waals surface area contributed by atoms with Gasteiger partial charge < -0.3 is 24.3 Å². The van der Waals surface area contributed by atoms with Crippen LogP contribution in [-0.2, 0) is 6.54 Å². The van der Waals surface area contributed by atoms with Gasteiger partial charge in [-0.05, 0) is 12.1 Å². The van der Waals surface area contributed by atoms with Crippen LogP contribution in [0.25, 0.3) is 0 Å². The van der Waals surface area contributed by atoms with Crippen LogP contribution in [-0.4, -0.2) is 22.9 Å². The van der Waals surface area contributed by atoms with E-state index in [1.165, 1.54) is 6.20 Å². The summed E-state index contributed by atoms with van der Waals surface area (Å²) >= 11 is 0. The SMILES string of the molecule is O=C(O)c1cnc(CNc2ccc3c(c2)OCO3)o1. The Morgan fingerprint density at radius 3 is 3.00 bits per heavy atom. The summed E-state index contributed by atoms with van der Waals surface area (Å²) < 4.78 is 15.5. The predicted octanol–water partition coefficient (Wildman–Crippen LogP) is 1.71. The number of carbonyl (C=O) groups is 1. The zero-order valence-corrected chi connectivity index (χ0v) is 9.75. The molecule has 0 atom stereocenters. The second kappa shape index (κ2) is 4.52. The van der Waals surface area contributed by atoms with Gasteiger partial charge in [-0.15, -0.1) is 0 Å². The second-order valence-electron chi connectivity index (χ2n) is 3.84. The maximum Gasteiger partial charge on any atom is 0.373 e. The van der Waals surface area contributed by atoms with Gasteiger partial charge in [-0.25, -0.2) is 9.78 Å². The van der Waals surface area contributed by atoms with Crippen molar-refractivity contribution in [1.82, 2.24) is 4.98 Å². The summed E-state index contributed by atoms with van der Waals surface area (Å²) in [6.07, 6.45) is 1.18. The molecule has 0 fully saturated rings. The van der Waals surface area contributed by atoms with E-state index >= 15 is 0 Å². The van der Waals surface area contributed by atoms with Crippen molar-refractivity contribution in [3.05, 3.63) is 36.0 Å². The van der Waals surface area contributed by atoms with E-state index in [2.05, 4.69) is 10.3 Å². The lowest BCUT2D eigenvalue weighted by molar-refractivity contribution is 0.0660. The van der Waals surface area contributed by atoms with Crippen molar-refractivity contribution in [2.45, 2.75) is 6.54 Å². The summed E-state index contributed by atoms with van der Waals surface area (Å²) in [5.41, 5.74) is 0.805. The minimum Gasteiger partial charge on any atom is -0.475 e. The first kappa shape index (κ1) is 11.4. The van der Waals surface area contributed by atoms with E-state index in [0.29, 0.717) is 17.4 Å². The zero-order valence-electron chi connectivity index (χ0n) is 9.75. The number of fused-ring (bicyclic) bond motifs is 1. The van der Waals surface area contributed by atoms with Gasteiger partial charge in [-0.1, -0.05) is 0 Å². The Labute approximate surface area is 107 Å². The number of aromatic carboxylic acids is 1. The molecule has 2 N–H and O–H groups in total. The first-order chi connectivity index (χ1) is 9.22. The Kier molecular flexibility index (Phi) is 2.71. The Hall–Kier alpha value is -2.70. The number of nitrogens with one attached hydrogen (secondary N) is 1. The van der Waals surface area contributed by atoms with Crippen LogP contribution in [0, 0.1) is 0 Å². The molecule has 7 heteroatoms. The molecule has 19 heavy (non-hydrogen) atoms. The molecule has 0 amide bonds. The highest BCUT2D eigenvalue weighted by Gasteiger charge is 2.14. The van der Waals surface area contributed by atoms with Crippen LogP contribution in [0.5, 0.6) is 11.5 Å². The highest BCUT2D eigenvalue weighted by Crippen LogP contribution is 2.34. The van der Waals surface area contributed by atoms with E-state index < -0.39 is 5.97 Å². The number of rotatable bonds is 4. The van der Waals surface area contributed by atoms with Gasteiger partial charge in [0.05, 0.1) is 12.7 Å². The lowest BCUT2D eigenvalue weighted by Gasteiger charge is -2.04. The van der Waals surface area contributed by atoms with Crippen molar-refractivity contribution in [2.75, 3.05) is 12.1 Å². The molecule has 98 valence electrons. The van der Waals surface area contributed by atoms with Crippen LogP contribution >= 0.6 is 0 Å². The van der Waals surface area contributed by atoms with Crippen LogP contribution < -0.4 is 14.8 Å². The molecule has 0 unspecified atom stereocenters. The molecule has 2 heterocycles. The fourth-order valence-corrected chi connectivity index (χ4v) is 1.68. The second-order valence-corrected chi connectivity index (χ2v) is 3.84. The molecule has 0 aliphatic carbocycles. The minimum atomic E-state index is -1.14. The van der Waals surface area contributed by atoms with E-state index in [4.69, 9.17) is 19.0 Å². The summed E-state index contributed by atoms with van der Waals surface area (Å²) in [5.74, 6) is 0.359. The lowest BCUT2D eigenvalue weighted by atomic mass is 10.3. The topological polar surface area (TPSA) is 93.8 Å². The number of hydrogen-bond acceptors (Lipinski definition) is 6. The Morgan fingerprint density at radius 1 is 1.37 bits per heavy atom. The molecule has 1 aromatic carbocycles. The molecule has 0 radical (unpaired) electrons. The number of hydrogen-bond donors (Lipinski definition) is 2. The van der Waals surface area contributed by atoms with Crippen LogP contribution in [0.1, 0.15) is 16.4 Å². The van der Waals surface area contributed by atoms with Gasteiger partial charge in [0.25, 0.3) is 0 Å². The summed E-state index contributed by atoms with van der Waals surface area (Å²) in [7, 11) is 0. The summed E-state index contributed by atoms with van der Waals surface area (Å²) in [5, 5.41) is 11.8. The van der Waals surface area contributed by atoms with Crippen molar-refractivity contribution in [3.8, 4) is 11.5 Å². The third-order valence-electron chi connectivity index (χ3n) is 2.58. The molecular formula is C12H10N2O5. The number of aromatic nitrogens is 1. The third-order valence-corrected chi connectivity index (χ3v) is 2.58. The Balaban J connectivity index is 1.67. The molecular weight excluding hydrogens is 252 g/mol. The number of carboxylic acids is 1. The quantitative estimate of drug-likeness (QED) is 0.866.